The monoisotopic (exact) mass is 307 g/mol. The minimum absolute atomic E-state index is 0.206. The van der Waals surface area contributed by atoms with Crippen molar-refractivity contribution in [2.75, 3.05) is 13.7 Å². The Morgan fingerprint density at radius 2 is 1.81 bits per heavy atom. The van der Waals surface area contributed by atoms with Crippen molar-refractivity contribution in [2.45, 2.75) is 13.3 Å². The number of methoxy groups -OCH3 is 1. The summed E-state index contributed by atoms with van der Waals surface area (Å²) < 4.78 is 56.7. The highest BCUT2D eigenvalue weighted by Gasteiger charge is 2.24. The lowest BCUT2D eigenvalue weighted by molar-refractivity contribution is -0.145. The topological polar surface area (TPSA) is 55.4 Å². The highest BCUT2D eigenvalue weighted by Crippen LogP contribution is 2.18. The number of hydrogen-bond donors (Lipinski definition) is 1. The zero-order valence-electron chi connectivity index (χ0n) is 11.3. The van der Waals surface area contributed by atoms with Crippen molar-refractivity contribution in [1.82, 2.24) is 5.32 Å². The largest absolute Gasteiger partial charge is 0.469 e. The van der Waals surface area contributed by atoms with Gasteiger partial charge in [-0.1, -0.05) is 6.92 Å². The van der Waals surface area contributed by atoms with Crippen LogP contribution in [0.15, 0.2) is 6.07 Å². The minimum atomic E-state index is -2.07. The summed E-state index contributed by atoms with van der Waals surface area (Å²) in [6.07, 6.45) is 0.335. The van der Waals surface area contributed by atoms with Crippen LogP contribution in [0.25, 0.3) is 0 Å². The highest BCUT2D eigenvalue weighted by molar-refractivity contribution is 5.94. The number of nitrogens with one attached hydrogen (secondary N) is 1. The summed E-state index contributed by atoms with van der Waals surface area (Å²) in [4.78, 5) is 22.9. The third-order valence-corrected chi connectivity index (χ3v) is 2.88. The van der Waals surface area contributed by atoms with Gasteiger partial charge in [0, 0.05) is 6.54 Å². The lowest BCUT2D eigenvalue weighted by atomic mass is 10.1. The molecule has 8 heteroatoms. The summed E-state index contributed by atoms with van der Waals surface area (Å²) in [6.45, 7) is 1.45. The number of hydrogen-bond acceptors (Lipinski definition) is 3. The summed E-state index contributed by atoms with van der Waals surface area (Å²) in [7, 11) is 1.16. The molecule has 0 aliphatic heterocycles. The Morgan fingerprint density at radius 1 is 1.19 bits per heavy atom. The Balaban J connectivity index is 2.88. The summed E-state index contributed by atoms with van der Waals surface area (Å²) in [5.74, 6) is -9.97. The Morgan fingerprint density at radius 3 is 2.33 bits per heavy atom. The molecule has 0 aliphatic carbocycles. The second-order valence-electron chi connectivity index (χ2n) is 4.19. The Kier molecular flexibility index (Phi) is 5.69. The van der Waals surface area contributed by atoms with Crippen molar-refractivity contribution in [3.8, 4) is 0 Å². The van der Waals surface area contributed by atoms with Crippen molar-refractivity contribution >= 4 is 11.9 Å². The quantitative estimate of drug-likeness (QED) is 0.392. The van der Waals surface area contributed by atoms with Gasteiger partial charge < -0.3 is 10.1 Å². The first kappa shape index (κ1) is 16.9. The number of esters is 1. The number of benzene rings is 1. The zero-order chi connectivity index (χ0) is 16.2. The van der Waals surface area contributed by atoms with Gasteiger partial charge in [-0.25, -0.2) is 17.6 Å². The molecule has 0 radical (unpaired) electrons. The normalized spacial score (nSPS) is 11.9. The van der Waals surface area contributed by atoms with Crippen molar-refractivity contribution < 1.29 is 31.9 Å². The molecular formula is C13H13F4NO3. The molecule has 0 fully saturated rings. The van der Waals surface area contributed by atoms with Gasteiger partial charge in [0.25, 0.3) is 5.91 Å². The molecule has 1 atom stereocenters. The van der Waals surface area contributed by atoms with Crippen molar-refractivity contribution in [3.05, 3.63) is 34.9 Å². The maximum atomic E-state index is 13.4. The van der Waals surface area contributed by atoms with Crippen molar-refractivity contribution in [2.24, 2.45) is 5.92 Å². The van der Waals surface area contributed by atoms with E-state index in [1.54, 1.807) is 6.92 Å². The van der Waals surface area contributed by atoms with E-state index in [4.69, 9.17) is 0 Å². The van der Waals surface area contributed by atoms with E-state index >= 15 is 0 Å². The van der Waals surface area contributed by atoms with E-state index in [-0.39, 0.29) is 12.6 Å². The number of carbonyl (C=O) groups excluding carboxylic acids is 2. The molecule has 1 N–H and O–H groups in total. The molecule has 4 nitrogen and oxygen atoms in total. The minimum Gasteiger partial charge on any atom is -0.469 e. The van der Waals surface area contributed by atoms with Crippen LogP contribution in [0.5, 0.6) is 0 Å². The van der Waals surface area contributed by atoms with E-state index in [1.165, 1.54) is 0 Å². The van der Waals surface area contributed by atoms with E-state index < -0.39 is 46.6 Å². The van der Waals surface area contributed by atoms with Crippen LogP contribution < -0.4 is 5.32 Å². The molecule has 0 saturated heterocycles. The van der Waals surface area contributed by atoms with Gasteiger partial charge in [0.1, 0.15) is 0 Å². The second-order valence-corrected chi connectivity index (χ2v) is 4.19. The molecule has 21 heavy (non-hydrogen) atoms. The Hall–Kier alpha value is -2.12. The summed E-state index contributed by atoms with van der Waals surface area (Å²) in [6, 6.07) is 0.252. The number of halogens is 4. The SMILES string of the molecule is CCC(CNC(=O)c1cc(F)c(F)c(F)c1F)C(=O)OC. The Labute approximate surface area is 118 Å². The average molecular weight is 307 g/mol. The van der Waals surface area contributed by atoms with E-state index in [2.05, 4.69) is 10.1 Å². The van der Waals surface area contributed by atoms with Gasteiger partial charge in [-0.2, -0.15) is 0 Å². The summed E-state index contributed by atoms with van der Waals surface area (Å²) in [5.41, 5.74) is -0.980. The number of carbonyl (C=O) groups is 2. The predicted octanol–water partition coefficient (Wildman–Crippen LogP) is 2.17. The van der Waals surface area contributed by atoms with Crippen LogP contribution in [-0.4, -0.2) is 25.5 Å². The first-order valence-corrected chi connectivity index (χ1v) is 6.02. The first-order chi connectivity index (χ1) is 9.83. The van der Waals surface area contributed by atoms with Crippen LogP contribution in [0, 0.1) is 29.2 Å². The van der Waals surface area contributed by atoms with Crippen molar-refractivity contribution in [3.63, 3.8) is 0 Å². The van der Waals surface area contributed by atoms with Gasteiger partial charge >= 0.3 is 5.97 Å². The van der Waals surface area contributed by atoms with Crippen LogP contribution in [-0.2, 0) is 9.53 Å². The van der Waals surface area contributed by atoms with Crippen LogP contribution in [0.3, 0.4) is 0 Å². The fraction of sp³-hybridized carbons (Fsp3) is 0.385. The number of ether oxygens (including phenoxy) is 1. The van der Waals surface area contributed by atoms with Gasteiger partial charge in [-0.05, 0) is 12.5 Å². The molecule has 0 saturated carbocycles. The third-order valence-electron chi connectivity index (χ3n) is 2.88. The van der Waals surface area contributed by atoms with E-state index in [0.717, 1.165) is 7.11 Å². The first-order valence-electron chi connectivity index (χ1n) is 6.02. The van der Waals surface area contributed by atoms with Gasteiger partial charge in [0.15, 0.2) is 23.3 Å². The molecule has 0 heterocycles. The van der Waals surface area contributed by atoms with Crippen LogP contribution >= 0.6 is 0 Å². The molecule has 0 aromatic heterocycles. The molecule has 1 rings (SSSR count). The van der Waals surface area contributed by atoms with Gasteiger partial charge in [0.05, 0.1) is 18.6 Å². The number of amides is 1. The smallest absolute Gasteiger partial charge is 0.310 e. The molecule has 1 aromatic carbocycles. The van der Waals surface area contributed by atoms with Gasteiger partial charge in [-0.15, -0.1) is 0 Å². The average Bonchev–Trinajstić information content (AvgIpc) is 2.48. The zero-order valence-corrected chi connectivity index (χ0v) is 11.3. The standard InChI is InChI=1S/C13H13F4NO3/c1-3-6(13(20)21-2)5-18-12(19)7-4-8(14)10(16)11(17)9(7)15/h4,6H,3,5H2,1-2H3,(H,18,19). The maximum absolute atomic E-state index is 13.4. The number of rotatable bonds is 5. The van der Waals surface area contributed by atoms with E-state index in [9.17, 15) is 27.2 Å². The van der Waals surface area contributed by atoms with Crippen molar-refractivity contribution in [1.29, 1.82) is 0 Å². The molecule has 1 aromatic rings. The fourth-order valence-electron chi connectivity index (χ4n) is 1.61. The molecule has 116 valence electrons. The molecule has 0 bridgehead atoms. The third kappa shape index (κ3) is 3.71. The second kappa shape index (κ2) is 7.05. The molecule has 0 spiro atoms. The van der Waals surface area contributed by atoms with Gasteiger partial charge in [0.2, 0.25) is 0 Å². The molecule has 0 aliphatic rings. The summed E-state index contributed by atoms with van der Waals surface area (Å²) >= 11 is 0. The molecule has 1 unspecified atom stereocenters. The summed E-state index contributed by atoms with van der Waals surface area (Å²) in [5, 5.41) is 2.14. The highest BCUT2D eigenvalue weighted by atomic mass is 19.2. The van der Waals surface area contributed by atoms with Crippen LogP contribution in [0.1, 0.15) is 23.7 Å². The predicted molar refractivity (Wildman–Crippen MR) is 64.4 cm³/mol. The van der Waals surface area contributed by atoms with E-state index in [1.807, 2.05) is 0 Å². The molecular weight excluding hydrogens is 294 g/mol. The van der Waals surface area contributed by atoms with Crippen LogP contribution in [0.4, 0.5) is 17.6 Å². The maximum Gasteiger partial charge on any atom is 0.310 e. The Bertz CT molecular complexity index is 563. The van der Waals surface area contributed by atoms with Gasteiger partial charge in [-0.3, -0.25) is 9.59 Å². The molecule has 1 amide bonds. The van der Waals surface area contributed by atoms with E-state index in [0.29, 0.717) is 6.42 Å². The fourth-order valence-corrected chi connectivity index (χ4v) is 1.61. The van der Waals surface area contributed by atoms with Crippen LogP contribution in [0.2, 0.25) is 0 Å². The lowest BCUT2D eigenvalue weighted by Crippen LogP contribution is -2.34. The lowest BCUT2D eigenvalue weighted by Gasteiger charge is -2.13.